The van der Waals surface area contributed by atoms with Gasteiger partial charge in [-0.25, -0.2) is 8.78 Å². The smallest absolute Gasteiger partial charge is 0.279 e. The molecule has 2 atom stereocenters. The van der Waals surface area contributed by atoms with Crippen LogP contribution in [-0.4, -0.2) is 31.4 Å². The molecule has 114 valence electrons. The molecule has 1 unspecified atom stereocenters. The Kier molecular flexibility index (Phi) is 4.85. The van der Waals surface area contributed by atoms with Gasteiger partial charge in [-0.1, -0.05) is 0 Å². The lowest BCUT2D eigenvalue weighted by Gasteiger charge is -2.27. The number of halogens is 2. The van der Waals surface area contributed by atoms with Crippen molar-refractivity contribution in [2.24, 2.45) is 11.7 Å². The van der Waals surface area contributed by atoms with E-state index < -0.39 is 11.6 Å². The van der Waals surface area contributed by atoms with Crippen LogP contribution in [0.15, 0.2) is 18.2 Å². The minimum absolute atomic E-state index is 0.169. The van der Waals surface area contributed by atoms with E-state index in [1.165, 1.54) is 6.07 Å². The zero-order chi connectivity index (χ0) is 15.4. The number of amides is 2. The van der Waals surface area contributed by atoms with Gasteiger partial charge in [0.1, 0.15) is 0 Å². The van der Waals surface area contributed by atoms with Crippen LogP contribution in [0.25, 0.3) is 0 Å². The van der Waals surface area contributed by atoms with Gasteiger partial charge in [0, 0.05) is 11.8 Å². The van der Waals surface area contributed by atoms with Gasteiger partial charge in [-0.2, -0.15) is 0 Å². The molecule has 5 nitrogen and oxygen atoms in total. The van der Waals surface area contributed by atoms with E-state index in [2.05, 4.69) is 5.32 Å². The van der Waals surface area contributed by atoms with E-state index >= 15 is 0 Å². The second-order valence-electron chi connectivity index (χ2n) is 5.30. The van der Waals surface area contributed by atoms with Gasteiger partial charge in [0.2, 0.25) is 5.91 Å². The molecule has 0 bridgehead atoms. The fraction of sp³-hybridized carbons (Fsp3) is 0.429. The Morgan fingerprint density at radius 2 is 2.10 bits per heavy atom. The molecule has 2 rings (SSSR count). The molecule has 1 aromatic rings. The number of primary amides is 1. The van der Waals surface area contributed by atoms with Crippen molar-refractivity contribution in [3.05, 3.63) is 29.8 Å². The van der Waals surface area contributed by atoms with Crippen molar-refractivity contribution in [2.45, 2.75) is 12.8 Å². The summed E-state index contributed by atoms with van der Waals surface area (Å²) in [6.07, 6.45) is 1.59. The maximum atomic E-state index is 13.0. The first-order valence-electron chi connectivity index (χ1n) is 6.83. The van der Waals surface area contributed by atoms with Gasteiger partial charge in [0.05, 0.1) is 19.0 Å². The Hall–Kier alpha value is -2.02. The first kappa shape index (κ1) is 15.4. The maximum absolute atomic E-state index is 13.0. The first-order valence-corrected chi connectivity index (χ1v) is 6.83. The molecule has 21 heavy (non-hydrogen) atoms. The van der Waals surface area contributed by atoms with Gasteiger partial charge < -0.3 is 16.0 Å². The summed E-state index contributed by atoms with van der Waals surface area (Å²) in [5.74, 6) is -2.81. The average Bonchev–Trinajstić information content (AvgIpc) is 2.43. The van der Waals surface area contributed by atoms with Crippen molar-refractivity contribution in [2.75, 3.05) is 25.0 Å². The van der Waals surface area contributed by atoms with Crippen molar-refractivity contribution < 1.29 is 23.3 Å². The van der Waals surface area contributed by atoms with Gasteiger partial charge in [-0.05, 0) is 25.0 Å². The summed E-state index contributed by atoms with van der Waals surface area (Å²) in [4.78, 5) is 24.0. The monoisotopic (exact) mass is 298 g/mol. The van der Waals surface area contributed by atoms with Crippen LogP contribution in [0, 0.1) is 17.6 Å². The third-order valence-electron chi connectivity index (χ3n) is 3.63. The van der Waals surface area contributed by atoms with Gasteiger partial charge in [-0.3, -0.25) is 9.59 Å². The molecule has 0 spiro atoms. The summed E-state index contributed by atoms with van der Waals surface area (Å²) in [5, 5.41) is 2.52. The second-order valence-corrected chi connectivity index (χ2v) is 5.30. The largest absolute Gasteiger partial charge is 0.369 e. The van der Waals surface area contributed by atoms with Crippen molar-refractivity contribution in [3.8, 4) is 0 Å². The summed E-state index contributed by atoms with van der Waals surface area (Å²) in [5.41, 5.74) is 5.49. The van der Waals surface area contributed by atoms with Gasteiger partial charge in [0.25, 0.3) is 5.91 Å². The molecular formula is C14H18F2N3O2+. The molecule has 1 heterocycles. The highest BCUT2D eigenvalue weighted by Gasteiger charge is 2.28. The van der Waals surface area contributed by atoms with Crippen LogP contribution in [0.3, 0.4) is 0 Å². The number of nitrogens with one attached hydrogen (secondary N) is 2. The van der Waals surface area contributed by atoms with Gasteiger partial charge >= 0.3 is 0 Å². The fourth-order valence-electron chi connectivity index (χ4n) is 2.56. The van der Waals surface area contributed by atoms with E-state index in [1.807, 2.05) is 0 Å². The number of benzene rings is 1. The van der Waals surface area contributed by atoms with Crippen LogP contribution in [0.5, 0.6) is 0 Å². The lowest BCUT2D eigenvalue weighted by molar-refractivity contribution is -0.899. The highest BCUT2D eigenvalue weighted by Crippen LogP contribution is 2.12. The SMILES string of the molecule is NC(=O)[C@@H]1CCC[NH+](CC(=O)Nc2ccc(F)c(F)c2)C1. The summed E-state index contributed by atoms with van der Waals surface area (Å²) in [6.45, 7) is 1.48. The fourth-order valence-corrected chi connectivity index (χ4v) is 2.56. The molecule has 0 radical (unpaired) electrons. The molecule has 1 aromatic carbocycles. The van der Waals surface area contributed by atoms with E-state index in [-0.39, 0.29) is 30.0 Å². The van der Waals surface area contributed by atoms with Crippen molar-refractivity contribution in [1.29, 1.82) is 0 Å². The lowest BCUT2D eigenvalue weighted by Crippen LogP contribution is -3.14. The van der Waals surface area contributed by atoms with Crippen LogP contribution in [-0.2, 0) is 9.59 Å². The van der Waals surface area contributed by atoms with E-state index in [0.29, 0.717) is 6.54 Å². The molecule has 0 saturated carbocycles. The molecule has 1 saturated heterocycles. The predicted octanol–water partition coefficient (Wildman–Crippen LogP) is -0.316. The van der Waals surface area contributed by atoms with Gasteiger partial charge in [0.15, 0.2) is 18.2 Å². The number of hydrogen-bond acceptors (Lipinski definition) is 2. The number of carbonyl (C=O) groups is 2. The summed E-state index contributed by atoms with van der Waals surface area (Å²) in [6, 6.07) is 3.20. The van der Waals surface area contributed by atoms with Gasteiger partial charge in [-0.15, -0.1) is 0 Å². The summed E-state index contributed by atoms with van der Waals surface area (Å²) >= 11 is 0. The molecular weight excluding hydrogens is 280 g/mol. The average molecular weight is 298 g/mol. The van der Waals surface area contributed by atoms with Crippen LogP contribution in [0.2, 0.25) is 0 Å². The first-order chi connectivity index (χ1) is 9.95. The van der Waals surface area contributed by atoms with Crippen LogP contribution >= 0.6 is 0 Å². The van der Waals surface area contributed by atoms with Crippen LogP contribution in [0.4, 0.5) is 14.5 Å². The van der Waals surface area contributed by atoms with Crippen LogP contribution in [0.1, 0.15) is 12.8 Å². The summed E-state index contributed by atoms with van der Waals surface area (Å²) < 4.78 is 25.8. The third kappa shape index (κ3) is 4.22. The molecule has 0 aliphatic carbocycles. The van der Waals surface area contributed by atoms with E-state index in [9.17, 15) is 18.4 Å². The van der Waals surface area contributed by atoms with Crippen molar-refractivity contribution in [3.63, 3.8) is 0 Å². The third-order valence-corrected chi connectivity index (χ3v) is 3.63. The second kappa shape index (κ2) is 6.62. The number of quaternary nitrogens is 1. The Labute approximate surface area is 121 Å². The number of rotatable bonds is 4. The minimum Gasteiger partial charge on any atom is -0.369 e. The molecule has 7 heteroatoms. The van der Waals surface area contributed by atoms with E-state index in [4.69, 9.17) is 5.73 Å². The molecule has 1 aliphatic rings. The lowest BCUT2D eigenvalue weighted by atomic mass is 9.97. The number of nitrogens with two attached hydrogens (primary N) is 1. The quantitative estimate of drug-likeness (QED) is 0.713. The standard InChI is InChI=1S/C14H17F2N3O2/c15-11-4-3-10(6-12(11)16)18-13(20)8-19-5-1-2-9(7-19)14(17)21/h3-4,6,9H,1-2,5,7-8H2,(H2,17,21)(H,18,20)/p+1/t9-/m1/s1. The molecule has 2 amide bonds. The summed E-state index contributed by atoms with van der Waals surface area (Å²) in [7, 11) is 0. The molecule has 4 N–H and O–H groups in total. The van der Waals surface area contributed by atoms with Crippen molar-refractivity contribution >= 4 is 17.5 Å². The highest BCUT2D eigenvalue weighted by molar-refractivity contribution is 5.91. The Balaban J connectivity index is 1.89. The Morgan fingerprint density at radius 1 is 1.33 bits per heavy atom. The number of likely N-dealkylation sites (tertiary alicyclic amines) is 1. The Morgan fingerprint density at radius 3 is 2.76 bits per heavy atom. The topological polar surface area (TPSA) is 76.6 Å². The number of hydrogen-bond donors (Lipinski definition) is 3. The van der Waals surface area contributed by atoms with Crippen molar-refractivity contribution in [1.82, 2.24) is 0 Å². The Bertz CT molecular complexity index is 551. The van der Waals surface area contributed by atoms with E-state index in [0.717, 1.165) is 36.4 Å². The molecule has 1 aliphatic heterocycles. The maximum Gasteiger partial charge on any atom is 0.279 e. The number of piperidine rings is 1. The normalized spacial score (nSPS) is 21.8. The predicted molar refractivity (Wildman–Crippen MR) is 72.5 cm³/mol. The minimum atomic E-state index is -1.01. The highest BCUT2D eigenvalue weighted by atomic mass is 19.2. The number of carbonyl (C=O) groups excluding carboxylic acids is 2. The van der Waals surface area contributed by atoms with E-state index in [1.54, 1.807) is 0 Å². The zero-order valence-corrected chi connectivity index (χ0v) is 11.5. The molecule has 0 aromatic heterocycles. The number of anilines is 1. The zero-order valence-electron chi connectivity index (χ0n) is 11.5. The molecule has 1 fully saturated rings. The van der Waals surface area contributed by atoms with Crippen LogP contribution < -0.4 is 16.0 Å².